The Kier molecular flexibility index (Phi) is 4.45. The zero-order chi connectivity index (χ0) is 14.7. The molecular weight excluding hydrogens is 272 g/mol. The van der Waals surface area contributed by atoms with Crippen molar-refractivity contribution >= 4 is 23.4 Å². The van der Waals surface area contributed by atoms with Gasteiger partial charge in [-0.1, -0.05) is 23.7 Å². The van der Waals surface area contributed by atoms with Gasteiger partial charge in [0.2, 0.25) is 5.95 Å². The molecule has 5 heteroatoms. The van der Waals surface area contributed by atoms with Crippen molar-refractivity contribution < 1.29 is 0 Å². The Morgan fingerprint density at radius 2 is 2.10 bits per heavy atom. The molecule has 4 nitrogen and oxygen atoms in total. The van der Waals surface area contributed by atoms with Gasteiger partial charge in [-0.05, 0) is 31.5 Å². The number of halogens is 1. The SMILES string of the molecule is CNc1ncc(C)c(N(C)C(C)c2cccc(Cl)c2)n1. The number of anilines is 2. The number of aryl methyl sites for hydroxylation is 1. The summed E-state index contributed by atoms with van der Waals surface area (Å²) in [6.07, 6.45) is 1.83. The topological polar surface area (TPSA) is 41.1 Å². The van der Waals surface area contributed by atoms with E-state index in [0.29, 0.717) is 5.95 Å². The van der Waals surface area contributed by atoms with E-state index in [1.54, 1.807) is 0 Å². The Labute approximate surface area is 124 Å². The van der Waals surface area contributed by atoms with E-state index in [1.165, 1.54) is 0 Å². The molecule has 0 fully saturated rings. The molecule has 0 amide bonds. The Balaban J connectivity index is 2.33. The maximum atomic E-state index is 6.06. The summed E-state index contributed by atoms with van der Waals surface area (Å²) < 4.78 is 0. The molecule has 0 aliphatic heterocycles. The fraction of sp³-hybridized carbons (Fsp3) is 0.333. The van der Waals surface area contributed by atoms with Gasteiger partial charge in [0.05, 0.1) is 6.04 Å². The minimum absolute atomic E-state index is 0.173. The maximum Gasteiger partial charge on any atom is 0.224 e. The third kappa shape index (κ3) is 3.02. The summed E-state index contributed by atoms with van der Waals surface area (Å²) >= 11 is 6.06. The van der Waals surface area contributed by atoms with Crippen LogP contribution < -0.4 is 10.2 Å². The van der Waals surface area contributed by atoms with Crippen LogP contribution >= 0.6 is 11.6 Å². The summed E-state index contributed by atoms with van der Waals surface area (Å²) in [7, 11) is 3.84. The molecule has 1 heterocycles. The monoisotopic (exact) mass is 290 g/mol. The van der Waals surface area contributed by atoms with Gasteiger partial charge in [-0.25, -0.2) is 4.98 Å². The number of nitrogens with zero attached hydrogens (tertiary/aromatic N) is 3. The number of nitrogens with one attached hydrogen (secondary N) is 1. The minimum Gasteiger partial charge on any atom is -0.357 e. The Morgan fingerprint density at radius 1 is 1.35 bits per heavy atom. The van der Waals surface area contributed by atoms with Gasteiger partial charge in [-0.2, -0.15) is 4.98 Å². The third-order valence-electron chi connectivity index (χ3n) is 3.41. The van der Waals surface area contributed by atoms with Crippen LogP contribution in [0.25, 0.3) is 0 Å². The fourth-order valence-corrected chi connectivity index (χ4v) is 2.28. The lowest BCUT2D eigenvalue weighted by atomic mass is 10.1. The molecule has 0 bridgehead atoms. The average molecular weight is 291 g/mol. The molecule has 2 aromatic rings. The van der Waals surface area contributed by atoms with Gasteiger partial charge < -0.3 is 10.2 Å². The number of benzene rings is 1. The van der Waals surface area contributed by atoms with Crippen LogP contribution in [-0.4, -0.2) is 24.1 Å². The van der Waals surface area contributed by atoms with Crippen molar-refractivity contribution in [3.8, 4) is 0 Å². The van der Waals surface area contributed by atoms with Crippen molar-refractivity contribution in [1.82, 2.24) is 9.97 Å². The van der Waals surface area contributed by atoms with E-state index in [2.05, 4.69) is 33.2 Å². The summed E-state index contributed by atoms with van der Waals surface area (Å²) in [5.41, 5.74) is 2.20. The highest BCUT2D eigenvalue weighted by molar-refractivity contribution is 6.30. The molecule has 106 valence electrons. The van der Waals surface area contributed by atoms with Crippen molar-refractivity contribution in [3.05, 3.63) is 46.6 Å². The first-order valence-electron chi connectivity index (χ1n) is 6.52. The molecular formula is C15H19ClN4. The summed E-state index contributed by atoms with van der Waals surface area (Å²) in [6, 6.07) is 8.08. The molecule has 0 saturated heterocycles. The summed E-state index contributed by atoms with van der Waals surface area (Å²) in [5.74, 6) is 1.53. The number of hydrogen-bond acceptors (Lipinski definition) is 4. The molecule has 1 N–H and O–H groups in total. The van der Waals surface area contributed by atoms with Crippen LogP contribution in [0.15, 0.2) is 30.5 Å². The Bertz CT molecular complexity index is 600. The largest absolute Gasteiger partial charge is 0.357 e. The van der Waals surface area contributed by atoms with Crippen molar-refractivity contribution in [2.75, 3.05) is 24.3 Å². The first-order valence-corrected chi connectivity index (χ1v) is 6.90. The highest BCUT2D eigenvalue weighted by Crippen LogP contribution is 2.27. The van der Waals surface area contributed by atoms with Gasteiger partial charge >= 0.3 is 0 Å². The van der Waals surface area contributed by atoms with E-state index < -0.39 is 0 Å². The molecule has 0 spiro atoms. The highest BCUT2D eigenvalue weighted by Gasteiger charge is 2.16. The van der Waals surface area contributed by atoms with Gasteiger partial charge in [-0.3, -0.25) is 0 Å². The normalized spacial score (nSPS) is 12.1. The minimum atomic E-state index is 0.173. The molecule has 0 radical (unpaired) electrons. The summed E-state index contributed by atoms with van der Waals surface area (Å²) in [6.45, 7) is 4.14. The van der Waals surface area contributed by atoms with E-state index in [-0.39, 0.29) is 6.04 Å². The maximum absolute atomic E-state index is 6.06. The molecule has 0 aliphatic carbocycles. The van der Waals surface area contributed by atoms with Crippen LogP contribution in [-0.2, 0) is 0 Å². The second-order valence-electron chi connectivity index (χ2n) is 4.79. The zero-order valence-electron chi connectivity index (χ0n) is 12.2. The lowest BCUT2D eigenvalue weighted by Gasteiger charge is -2.28. The number of rotatable bonds is 4. The fourth-order valence-electron chi connectivity index (χ4n) is 2.08. The predicted octanol–water partition coefficient (Wildman–Crippen LogP) is 3.68. The lowest BCUT2D eigenvalue weighted by Crippen LogP contribution is -2.24. The predicted molar refractivity (Wildman–Crippen MR) is 84.6 cm³/mol. The first kappa shape index (κ1) is 14.6. The number of hydrogen-bond donors (Lipinski definition) is 1. The standard InChI is InChI=1S/C15H19ClN4/c1-10-9-18-15(17-3)19-14(10)20(4)11(2)12-6-5-7-13(16)8-12/h5-9,11H,1-4H3,(H,17,18,19). The van der Waals surface area contributed by atoms with E-state index in [4.69, 9.17) is 11.6 Å². The van der Waals surface area contributed by atoms with Gasteiger partial charge in [0, 0.05) is 30.9 Å². The average Bonchev–Trinajstić information content (AvgIpc) is 2.46. The van der Waals surface area contributed by atoms with Crippen molar-refractivity contribution in [3.63, 3.8) is 0 Å². The molecule has 0 saturated carbocycles. The molecule has 0 aliphatic rings. The van der Waals surface area contributed by atoms with Crippen molar-refractivity contribution in [2.24, 2.45) is 0 Å². The van der Waals surface area contributed by atoms with Crippen molar-refractivity contribution in [2.45, 2.75) is 19.9 Å². The van der Waals surface area contributed by atoms with Gasteiger partial charge in [-0.15, -0.1) is 0 Å². The van der Waals surface area contributed by atoms with Crippen LogP contribution in [0.4, 0.5) is 11.8 Å². The second-order valence-corrected chi connectivity index (χ2v) is 5.23. The highest BCUT2D eigenvalue weighted by atomic mass is 35.5. The Hall–Kier alpha value is -1.81. The second kappa shape index (κ2) is 6.09. The van der Waals surface area contributed by atoms with E-state index in [1.807, 2.05) is 45.4 Å². The van der Waals surface area contributed by atoms with Crippen molar-refractivity contribution in [1.29, 1.82) is 0 Å². The van der Waals surface area contributed by atoms with Crippen LogP contribution in [0.3, 0.4) is 0 Å². The Morgan fingerprint density at radius 3 is 2.75 bits per heavy atom. The molecule has 2 rings (SSSR count). The lowest BCUT2D eigenvalue weighted by molar-refractivity contribution is 0.724. The van der Waals surface area contributed by atoms with Gasteiger partial charge in [0.25, 0.3) is 0 Å². The van der Waals surface area contributed by atoms with Gasteiger partial charge in [0.15, 0.2) is 0 Å². The van der Waals surface area contributed by atoms with Crippen LogP contribution in [0.2, 0.25) is 5.02 Å². The van der Waals surface area contributed by atoms with Crippen LogP contribution in [0.1, 0.15) is 24.1 Å². The molecule has 1 atom stereocenters. The van der Waals surface area contributed by atoms with Crippen LogP contribution in [0.5, 0.6) is 0 Å². The quantitative estimate of drug-likeness (QED) is 0.933. The summed E-state index contributed by atoms with van der Waals surface area (Å²) in [5, 5.41) is 3.72. The molecule has 1 aromatic heterocycles. The molecule has 20 heavy (non-hydrogen) atoms. The number of aromatic nitrogens is 2. The van der Waals surface area contributed by atoms with E-state index in [0.717, 1.165) is 22.0 Å². The van der Waals surface area contributed by atoms with Gasteiger partial charge in [0.1, 0.15) is 5.82 Å². The first-order chi connectivity index (χ1) is 9.52. The van der Waals surface area contributed by atoms with E-state index >= 15 is 0 Å². The molecule has 1 aromatic carbocycles. The smallest absolute Gasteiger partial charge is 0.224 e. The van der Waals surface area contributed by atoms with Crippen LogP contribution in [0, 0.1) is 6.92 Å². The molecule has 1 unspecified atom stereocenters. The zero-order valence-corrected chi connectivity index (χ0v) is 12.9. The summed E-state index contributed by atoms with van der Waals surface area (Å²) in [4.78, 5) is 10.9. The van der Waals surface area contributed by atoms with E-state index in [9.17, 15) is 0 Å². The third-order valence-corrected chi connectivity index (χ3v) is 3.65.